The number of aromatic nitrogens is 5. The number of fused-ring (bicyclic) bond motifs is 4. The van der Waals surface area contributed by atoms with Crippen LogP contribution in [0.5, 0.6) is 11.5 Å². The number of hydrogen-bond donors (Lipinski definition) is 0. The summed E-state index contributed by atoms with van der Waals surface area (Å²) in [5, 5.41) is 2.04. The second-order valence-electron chi connectivity index (χ2n) is 22.8. The van der Waals surface area contributed by atoms with Crippen LogP contribution in [-0.2, 0) is 42.7 Å². The molecular weight excluding hydrogens is 1050 g/mol. The zero-order chi connectivity index (χ0) is 49.5. The van der Waals surface area contributed by atoms with Crippen molar-refractivity contribution in [3.05, 3.63) is 175 Å². The first-order valence-corrected chi connectivity index (χ1v) is 24.3. The van der Waals surface area contributed by atoms with E-state index in [1.54, 1.807) is 0 Å². The fourth-order valence-corrected chi connectivity index (χ4v) is 9.11. The smallest absolute Gasteiger partial charge is 0.162 e. The van der Waals surface area contributed by atoms with E-state index in [0.717, 1.165) is 61.4 Å². The Kier molecular flexibility index (Phi) is 12.7. The van der Waals surface area contributed by atoms with E-state index in [2.05, 4.69) is 232 Å². The van der Waals surface area contributed by atoms with Crippen molar-refractivity contribution in [3.63, 3.8) is 0 Å². The fraction of sp³-hybridized carbons (Fsp3) is 0.274. The summed E-state index contributed by atoms with van der Waals surface area (Å²) in [4.78, 5) is 25.1. The van der Waals surface area contributed by atoms with Crippen molar-refractivity contribution in [2.24, 2.45) is 0 Å². The van der Waals surface area contributed by atoms with E-state index in [1.807, 2.05) is 24.4 Å². The Hall–Kier alpha value is -6.63. The van der Waals surface area contributed by atoms with Gasteiger partial charge in [-0.2, -0.15) is 6.67 Å². The van der Waals surface area contributed by atoms with Crippen molar-refractivity contribution in [2.75, 3.05) is 16.8 Å². The van der Waals surface area contributed by atoms with Gasteiger partial charge in [-0.15, -0.1) is 47.0 Å². The minimum absolute atomic E-state index is 0. The topological polar surface area (TPSA) is 72.2 Å². The summed E-state index contributed by atoms with van der Waals surface area (Å²) in [5.41, 5.74) is 11.7. The van der Waals surface area contributed by atoms with Gasteiger partial charge in [0.25, 0.3) is 0 Å². The van der Waals surface area contributed by atoms with Crippen molar-refractivity contribution in [2.45, 2.75) is 105 Å². The van der Waals surface area contributed by atoms with Crippen LogP contribution in [0.25, 0.3) is 61.8 Å². The molecule has 9 aromatic rings. The Labute approximate surface area is 434 Å². The van der Waals surface area contributed by atoms with Crippen molar-refractivity contribution in [1.29, 1.82) is 0 Å². The van der Waals surface area contributed by atoms with Crippen LogP contribution in [0, 0.1) is 18.8 Å². The molecule has 3 aromatic heterocycles. The minimum atomic E-state index is -0.219. The number of rotatable bonds is 7. The third kappa shape index (κ3) is 9.64. The maximum atomic E-state index is 7.29. The van der Waals surface area contributed by atoms with E-state index in [0.29, 0.717) is 34.5 Å². The standard InChI is InChI=1S/C62H62N7O.Pt/c1-59(2,3)41-25-21-39(22-26-41)56-64-57(40-23-27-42(28-24-40)60(4,5)6)66-58(65-56)49-36-48-47-34-43(61(7,8)9)29-30-50(47)69(55-20-16-17-31-63-55)53(48)37-54(49)70-46-33-44(62(10,11)12)32-45(35-46)68-38-67(13)51-18-14-15-19-52(51)68;/h14-34,36,38H,1-13H3;/q-3;. The van der Waals surface area contributed by atoms with Crippen LogP contribution in [0.4, 0.5) is 17.1 Å². The molecule has 1 aliphatic rings. The molecule has 8 nitrogen and oxygen atoms in total. The van der Waals surface area contributed by atoms with Gasteiger partial charge >= 0.3 is 0 Å². The second-order valence-corrected chi connectivity index (χ2v) is 22.8. The molecule has 9 heteroatoms. The predicted octanol–water partition coefficient (Wildman–Crippen LogP) is 15.7. The van der Waals surface area contributed by atoms with Crippen LogP contribution < -0.4 is 14.5 Å². The molecule has 0 fully saturated rings. The fourth-order valence-electron chi connectivity index (χ4n) is 9.11. The number of pyridine rings is 1. The van der Waals surface area contributed by atoms with Gasteiger partial charge in [0.15, 0.2) is 11.6 Å². The Balaban J connectivity index is 0.00000624. The Morgan fingerprint density at radius 3 is 1.63 bits per heavy atom. The first-order valence-electron chi connectivity index (χ1n) is 24.3. The van der Waals surface area contributed by atoms with Crippen LogP contribution in [0.2, 0.25) is 0 Å². The van der Waals surface area contributed by atoms with E-state index >= 15 is 0 Å². The second kappa shape index (κ2) is 18.2. The summed E-state index contributed by atoms with van der Waals surface area (Å²) >= 11 is 0. The summed E-state index contributed by atoms with van der Waals surface area (Å²) in [7, 11) is 2.07. The van der Waals surface area contributed by atoms with Crippen molar-refractivity contribution < 1.29 is 25.8 Å². The van der Waals surface area contributed by atoms with Gasteiger partial charge in [-0.1, -0.05) is 167 Å². The number of nitrogens with zero attached hydrogens (tertiary/aromatic N) is 7. The zero-order valence-electron chi connectivity index (χ0n) is 43.1. The van der Waals surface area contributed by atoms with Crippen LogP contribution in [0.15, 0.2) is 134 Å². The van der Waals surface area contributed by atoms with Crippen molar-refractivity contribution in [3.8, 4) is 51.5 Å². The molecule has 0 saturated heterocycles. The first-order chi connectivity index (χ1) is 33.1. The van der Waals surface area contributed by atoms with E-state index in [-0.39, 0.29) is 42.7 Å². The molecule has 0 atom stereocenters. The van der Waals surface area contributed by atoms with Gasteiger partial charge in [0.05, 0.1) is 0 Å². The van der Waals surface area contributed by atoms with Gasteiger partial charge in [-0.25, -0.2) is 19.9 Å². The minimum Gasteiger partial charge on any atom is -0.508 e. The number of anilines is 3. The summed E-state index contributed by atoms with van der Waals surface area (Å²) in [6.07, 6.45) is 1.83. The molecule has 0 bridgehead atoms. The van der Waals surface area contributed by atoms with Crippen LogP contribution in [-0.4, -0.2) is 31.6 Å². The van der Waals surface area contributed by atoms with Gasteiger partial charge in [0.1, 0.15) is 11.6 Å². The number of para-hydroxylation sites is 2. The molecule has 1 aliphatic heterocycles. The quantitative estimate of drug-likeness (QED) is 0.147. The van der Waals surface area contributed by atoms with Crippen LogP contribution in [0.1, 0.15) is 105 Å². The largest absolute Gasteiger partial charge is 0.508 e. The molecule has 10 rings (SSSR count). The molecule has 0 radical (unpaired) electrons. The summed E-state index contributed by atoms with van der Waals surface area (Å²) in [6, 6.07) is 52.3. The average Bonchev–Trinajstić information content (AvgIpc) is 3.83. The molecule has 0 N–H and O–H groups in total. The molecule has 0 amide bonds. The van der Waals surface area contributed by atoms with E-state index in [1.165, 1.54) is 16.7 Å². The van der Waals surface area contributed by atoms with Gasteiger partial charge in [-0.05, 0) is 86.7 Å². The first kappa shape index (κ1) is 49.4. The molecular formula is C62H62N7OPt-3. The zero-order valence-corrected chi connectivity index (χ0v) is 45.4. The Bertz CT molecular complexity index is 3350. The van der Waals surface area contributed by atoms with E-state index in [4.69, 9.17) is 24.7 Å². The van der Waals surface area contributed by atoms with Gasteiger partial charge in [0.2, 0.25) is 0 Å². The molecule has 0 aliphatic carbocycles. The molecule has 4 heterocycles. The van der Waals surface area contributed by atoms with E-state index < -0.39 is 0 Å². The van der Waals surface area contributed by atoms with Crippen LogP contribution >= 0.6 is 0 Å². The Morgan fingerprint density at radius 1 is 0.521 bits per heavy atom. The number of hydrogen-bond acceptors (Lipinski definition) is 7. The summed E-state index contributed by atoms with van der Waals surface area (Å²) < 4.78 is 9.46. The Morgan fingerprint density at radius 2 is 1.07 bits per heavy atom. The number of benzene rings is 6. The third-order valence-corrected chi connectivity index (χ3v) is 13.4. The maximum absolute atomic E-state index is 7.29. The molecule has 0 spiro atoms. The summed E-state index contributed by atoms with van der Waals surface area (Å²) in [6.45, 7) is 28.9. The molecule has 6 aromatic carbocycles. The predicted molar refractivity (Wildman–Crippen MR) is 289 cm³/mol. The van der Waals surface area contributed by atoms with Crippen molar-refractivity contribution in [1.82, 2.24) is 24.5 Å². The maximum Gasteiger partial charge on any atom is 0.162 e. The van der Waals surface area contributed by atoms with Crippen LogP contribution in [0.3, 0.4) is 0 Å². The third-order valence-electron chi connectivity index (χ3n) is 13.4. The SMILES string of the molecule is CN1[CH-]N(c2[c-]c(Oc3[c-]c4c(cc3-c3nc(-c5ccc(C(C)(C)C)cc5)nc(-c5ccc(C(C)(C)C)cc5)n3)c3cc(C(C)(C)C)ccc3n4-c3ccccn3)cc(C(C)(C)C)c2)c2ccccc21.[Pt]. The number of ether oxygens (including phenoxy) is 1. The van der Waals surface area contributed by atoms with Gasteiger partial charge < -0.3 is 19.1 Å². The molecule has 0 saturated carbocycles. The molecule has 364 valence electrons. The monoisotopic (exact) mass is 1120 g/mol. The van der Waals surface area contributed by atoms with Gasteiger partial charge in [0, 0.05) is 66.8 Å². The molecule has 0 unspecified atom stereocenters. The van der Waals surface area contributed by atoms with Crippen molar-refractivity contribution >= 4 is 38.9 Å². The average molecular weight is 1120 g/mol. The van der Waals surface area contributed by atoms with E-state index in [9.17, 15) is 0 Å². The summed E-state index contributed by atoms with van der Waals surface area (Å²) in [5.74, 6) is 3.36. The van der Waals surface area contributed by atoms with Gasteiger partial charge in [-0.3, -0.25) is 0 Å². The normalized spacial score (nSPS) is 13.2. The molecule has 71 heavy (non-hydrogen) atoms.